The van der Waals surface area contributed by atoms with Gasteiger partial charge in [0.2, 0.25) is 23.5 Å². The maximum atomic E-state index is 13.5. The number of carbonyl (C=O) groups is 2. The molecular weight excluding hydrogens is 572 g/mol. The molecule has 0 saturated carbocycles. The normalized spacial score (nSPS) is 12.5. The fourth-order valence-corrected chi connectivity index (χ4v) is 5.11. The van der Waals surface area contributed by atoms with E-state index in [0.717, 1.165) is 40.8 Å². The molecule has 2 amide bonds. The fourth-order valence-electron chi connectivity index (χ4n) is 5.11. The van der Waals surface area contributed by atoms with E-state index >= 15 is 0 Å². The summed E-state index contributed by atoms with van der Waals surface area (Å²) in [7, 11) is 5.05. The van der Waals surface area contributed by atoms with Crippen LogP contribution in [-0.2, 0) is 22.4 Å². The quantitative estimate of drug-likeness (QED) is 0.297. The number of hydrogen-bond donors (Lipinski definition) is 2. The molecule has 3 aromatic rings. The molecule has 0 unspecified atom stereocenters. The van der Waals surface area contributed by atoms with Crippen LogP contribution < -0.4 is 20.1 Å². The second-order valence-corrected chi connectivity index (χ2v) is 11.0. The largest absolute Gasteiger partial charge is 0.493 e. The Morgan fingerprint density at radius 1 is 1.05 bits per heavy atom. The van der Waals surface area contributed by atoms with E-state index in [1.807, 2.05) is 44.3 Å². The number of ether oxygens (including phenoxy) is 2. The standard InChI is InChI=1S/C31H42N6O5.ClH/c1-19(2)32-10-11-37(29(38)17-33-26-14-22(9-8-20(26)3)31-34-21(4)42-35-31)18-30(39)36(5)25-12-23-15-27(40-6)28(41-7)16-24(23)13-25;/h8-9,14-16,19,25,32-33H,10-13,17-18H2,1-7H3;1H. The molecule has 43 heavy (non-hydrogen) atoms. The minimum atomic E-state index is -0.160. The zero-order chi connectivity index (χ0) is 30.4. The molecule has 0 atom stereocenters. The third kappa shape index (κ3) is 8.39. The second kappa shape index (κ2) is 15.1. The number of nitrogens with one attached hydrogen (secondary N) is 2. The first-order valence-electron chi connectivity index (χ1n) is 14.2. The van der Waals surface area contributed by atoms with E-state index in [0.29, 0.717) is 36.3 Å². The number of anilines is 1. The molecule has 0 radical (unpaired) electrons. The number of rotatable bonds is 13. The number of fused-ring (bicyclic) bond motifs is 1. The van der Waals surface area contributed by atoms with E-state index in [2.05, 4.69) is 34.6 Å². The lowest BCUT2D eigenvalue weighted by atomic mass is 10.1. The molecule has 0 fully saturated rings. The summed E-state index contributed by atoms with van der Waals surface area (Å²) >= 11 is 0. The van der Waals surface area contributed by atoms with Crippen molar-refractivity contribution in [3.63, 3.8) is 0 Å². The minimum absolute atomic E-state index is 0. The Morgan fingerprint density at radius 3 is 2.26 bits per heavy atom. The first kappa shape index (κ1) is 33.7. The lowest BCUT2D eigenvalue weighted by molar-refractivity contribution is -0.140. The molecule has 0 aliphatic heterocycles. The van der Waals surface area contributed by atoms with Crippen LogP contribution in [0.15, 0.2) is 34.9 Å². The van der Waals surface area contributed by atoms with Gasteiger partial charge in [0.15, 0.2) is 11.5 Å². The molecule has 2 N–H and O–H groups in total. The van der Waals surface area contributed by atoms with Gasteiger partial charge in [-0.3, -0.25) is 9.59 Å². The molecule has 0 saturated heterocycles. The third-order valence-corrected chi connectivity index (χ3v) is 7.62. The number of nitrogens with zero attached hydrogens (tertiary/aromatic N) is 4. The Morgan fingerprint density at radius 2 is 1.70 bits per heavy atom. The third-order valence-electron chi connectivity index (χ3n) is 7.62. The van der Waals surface area contributed by atoms with E-state index in [1.165, 1.54) is 0 Å². The highest BCUT2D eigenvalue weighted by molar-refractivity contribution is 5.87. The van der Waals surface area contributed by atoms with Crippen molar-refractivity contribution in [2.45, 2.75) is 52.6 Å². The molecule has 1 aromatic heterocycles. The van der Waals surface area contributed by atoms with E-state index in [1.54, 1.807) is 30.9 Å². The summed E-state index contributed by atoms with van der Waals surface area (Å²) in [6.07, 6.45) is 1.44. The molecule has 0 spiro atoms. The lowest BCUT2D eigenvalue weighted by Crippen LogP contribution is -2.48. The highest BCUT2D eigenvalue weighted by Gasteiger charge is 2.30. The number of hydrogen-bond acceptors (Lipinski definition) is 9. The van der Waals surface area contributed by atoms with Gasteiger partial charge in [0, 0.05) is 50.4 Å². The number of benzene rings is 2. The number of aromatic nitrogens is 2. The molecule has 1 heterocycles. The van der Waals surface area contributed by atoms with Crippen molar-refractivity contribution >= 4 is 29.9 Å². The monoisotopic (exact) mass is 614 g/mol. The van der Waals surface area contributed by atoms with Crippen molar-refractivity contribution < 1.29 is 23.6 Å². The van der Waals surface area contributed by atoms with E-state index in [4.69, 9.17) is 14.0 Å². The van der Waals surface area contributed by atoms with Crippen LogP contribution in [0, 0.1) is 13.8 Å². The van der Waals surface area contributed by atoms with Crippen LogP contribution in [0.3, 0.4) is 0 Å². The summed E-state index contributed by atoms with van der Waals surface area (Å²) in [5.74, 6) is 2.07. The van der Waals surface area contributed by atoms with Gasteiger partial charge in [0.05, 0.1) is 27.3 Å². The van der Waals surface area contributed by atoms with Crippen LogP contribution in [0.2, 0.25) is 0 Å². The number of methoxy groups -OCH3 is 2. The Labute approximate surface area is 259 Å². The molecule has 2 aromatic carbocycles. The van der Waals surface area contributed by atoms with Crippen LogP contribution in [-0.4, -0.2) is 91.3 Å². The highest BCUT2D eigenvalue weighted by atomic mass is 35.5. The average Bonchev–Trinajstić information content (AvgIpc) is 3.60. The number of aryl methyl sites for hydroxylation is 2. The van der Waals surface area contributed by atoms with Crippen molar-refractivity contribution in [2.24, 2.45) is 0 Å². The first-order chi connectivity index (χ1) is 20.1. The number of carbonyl (C=O) groups excluding carboxylic acids is 2. The van der Waals surface area contributed by atoms with Gasteiger partial charge < -0.3 is 34.4 Å². The second-order valence-electron chi connectivity index (χ2n) is 11.0. The van der Waals surface area contributed by atoms with Gasteiger partial charge in [-0.05, 0) is 54.7 Å². The number of amides is 2. The Bertz CT molecular complexity index is 1380. The number of halogens is 1. The van der Waals surface area contributed by atoms with Gasteiger partial charge in [-0.15, -0.1) is 12.4 Å². The Hall–Kier alpha value is -3.83. The molecule has 0 bridgehead atoms. The van der Waals surface area contributed by atoms with Gasteiger partial charge in [0.1, 0.15) is 0 Å². The van der Waals surface area contributed by atoms with Gasteiger partial charge in [0.25, 0.3) is 0 Å². The maximum absolute atomic E-state index is 13.5. The predicted octanol–water partition coefficient (Wildman–Crippen LogP) is 3.66. The maximum Gasteiger partial charge on any atom is 0.242 e. The molecule has 12 heteroatoms. The van der Waals surface area contributed by atoms with Crippen LogP contribution >= 0.6 is 12.4 Å². The zero-order valence-electron chi connectivity index (χ0n) is 26.0. The summed E-state index contributed by atoms with van der Waals surface area (Å²) in [5, 5.41) is 10.6. The summed E-state index contributed by atoms with van der Waals surface area (Å²) in [4.78, 5) is 34.6. The molecule has 1 aliphatic rings. The molecule has 1 aliphatic carbocycles. The zero-order valence-corrected chi connectivity index (χ0v) is 26.8. The van der Waals surface area contributed by atoms with E-state index in [-0.39, 0.29) is 49.4 Å². The van der Waals surface area contributed by atoms with Crippen LogP contribution in [0.1, 0.15) is 36.4 Å². The number of likely N-dealkylation sites (N-methyl/N-ethyl adjacent to an activating group) is 1. The van der Waals surface area contributed by atoms with Gasteiger partial charge in [-0.25, -0.2) is 0 Å². The van der Waals surface area contributed by atoms with E-state index < -0.39 is 0 Å². The van der Waals surface area contributed by atoms with Gasteiger partial charge in [-0.2, -0.15) is 4.98 Å². The van der Waals surface area contributed by atoms with Crippen molar-refractivity contribution in [1.29, 1.82) is 0 Å². The SMILES string of the molecule is COc1cc2c(cc1OC)CC(N(C)C(=O)CN(CCNC(C)C)C(=O)CNc1cc(-c3noc(C)n3)ccc1C)C2.Cl. The van der Waals surface area contributed by atoms with Crippen LogP contribution in [0.4, 0.5) is 5.69 Å². The van der Waals surface area contributed by atoms with Gasteiger partial charge in [-0.1, -0.05) is 31.1 Å². The smallest absolute Gasteiger partial charge is 0.242 e. The van der Waals surface area contributed by atoms with Crippen molar-refractivity contribution in [3.05, 3.63) is 52.9 Å². The summed E-state index contributed by atoms with van der Waals surface area (Å²) < 4.78 is 16.0. The predicted molar refractivity (Wildman–Crippen MR) is 168 cm³/mol. The Balaban J connectivity index is 0.00000506. The fraction of sp³-hybridized carbons (Fsp3) is 0.484. The first-order valence-corrected chi connectivity index (χ1v) is 14.2. The minimum Gasteiger partial charge on any atom is -0.493 e. The topological polar surface area (TPSA) is 122 Å². The molecule has 4 rings (SSSR count). The van der Waals surface area contributed by atoms with E-state index in [9.17, 15) is 9.59 Å². The molecular formula is C31H43ClN6O5. The highest BCUT2D eigenvalue weighted by Crippen LogP contribution is 2.36. The lowest BCUT2D eigenvalue weighted by Gasteiger charge is -2.29. The van der Waals surface area contributed by atoms with Crippen molar-refractivity contribution in [1.82, 2.24) is 25.3 Å². The van der Waals surface area contributed by atoms with Crippen molar-refractivity contribution in [3.8, 4) is 22.9 Å². The molecule has 234 valence electrons. The summed E-state index contributed by atoms with van der Waals surface area (Å²) in [5.41, 5.74) is 4.84. The van der Waals surface area contributed by atoms with Gasteiger partial charge >= 0.3 is 0 Å². The van der Waals surface area contributed by atoms with Crippen molar-refractivity contribution in [2.75, 3.05) is 52.8 Å². The summed E-state index contributed by atoms with van der Waals surface area (Å²) in [6, 6.07) is 10.00. The van der Waals surface area contributed by atoms with Crippen LogP contribution in [0.25, 0.3) is 11.4 Å². The Kier molecular flexibility index (Phi) is 11.8. The average molecular weight is 615 g/mol. The summed E-state index contributed by atoms with van der Waals surface area (Å²) in [6.45, 7) is 8.85. The van der Waals surface area contributed by atoms with Crippen LogP contribution in [0.5, 0.6) is 11.5 Å². The molecule has 11 nitrogen and oxygen atoms in total.